The monoisotopic (exact) mass is 287 g/mol. The summed E-state index contributed by atoms with van der Waals surface area (Å²) in [5.74, 6) is -0.671. The van der Waals surface area contributed by atoms with Crippen LogP contribution in [0.3, 0.4) is 0 Å². The lowest BCUT2D eigenvalue weighted by atomic mass is 10.2. The number of carbonyl (C=O) groups excluding carboxylic acids is 1. The number of rotatable bonds is 4. The van der Waals surface area contributed by atoms with Gasteiger partial charge in [-0.1, -0.05) is 13.0 Å². The molecule has 1 rings (SSSR count). The van der Waals surface area contributed by atoms with Crippen molar-refractivity contribution in [2.75, 3.05) is 6.61 Å². The third-order valence-electron chi connectivity index (χ3n) is 1.83. The molecule has 0 aliphatic heterocycles. The van der Waals surface area contributed by atoms with Gasteiger partial charge in [-0.2, -0.15) is 0 Å². The number of nitro benzene ring substituents is 1. The lowest BCUT2D eigenvalue weighted by Crippen LogP contribution is -2.09. The molecule has 0 spiro atoms. The molecule has 0 saturated carbocycles. The lowest BCUT2D eigenvalue weighted by Gasteiger charge is -2.04. The topological polar surface area (TPSA) is 69.4 Å². The second kappa shape index (κ2) is 5.60. The maximum atomic E-state index is 11.5. The van der Waals surface area contributed by atoms with E-state index in [2.05, 4.69) is 15.9 Å². The number of carbonyl (C=O) groups is 1. The van der Waals surface area contributed by atoms with Crippen molar-refractivity contribution in [1.29, 1.82) is 0 Å². The zero-order valence-corrected chi connectivity index (χ0v) is 10.2. The molecule has 0 aliphatic rings. The van der Waals surface area contributed by atoms with Crippen LogP contribution in [-0.2, 0) is 4.74 Å². The fraction of sp³-hybridized carbons (Fsp3) is 0.300. The Kier molecular flexibility index (Phi) is 4.42. The number of hydrogen-bond acceptors (Lipinski definition) is 4. The maximum Gasteiger partial charge on any atom is 0.345 e. The molecule has 0 fully saturated rings. The van der Waals surface area contributed by atoms with Gasteiger partial charge >= 0.3 is 5.97 Å². The lowest BCUT2D eigenvalue weighted by molar-refractivity contribution is -0.386. The highest BCUT2D eigenvalue weighted by Gasteiger charge is 2.24. The molecule has 0 N–H and O–H groups in total. The zero-order valence-electron chi connectivity index (χ0n) is 8.60. The van der Waals surface area contributed by atoms with E-state index in [0.717, 1.165) is 0 Å². The highest BCUT2D eigenvalue weighted by Crippen LogP contribution is 2.28. The molecule has 0 amide bonds. The number of halogens is 1. The molecule has 6 heteroatoms. The molecule has 86 valence electrons. The van der Waals surface area contributed by atoms with Crippen molar-refractivity contribution in [3.05, 3.63) is 38.3 Å². The van der Waals surface area contributed by atoms with E-state index in [-0.39, 0.29) is 22.3 Å². The second-order valence-corrected chi connectivity index (χ2v) is 3.88. The summed E-state index contributed by atoms with van der Waals surface area (Å²) in [5.41, 5.74) is -0.295. The second-order valence-electron chi connectivity index (χ2n) is 3.03. The zero-order chi connectivity index (χ0) is 12.1. The summed E-state index contributed by atoms with van der Waals surface area (Å²) in [5, 5.41) is 10.8. The molecule has 0 aromatic heterocycles. The molecular weight excluding hydrogens is 278 g/mol. The molecule has 0 saturated heterocycles. The largest absolute Gasteiger partial charge is 0.462 e. The Morgan fingerprint density at radius 1 is 1.56 bits per heavy atom. The summed E-state index contributed by atoms with van der Waals surface area (Å²) < 4.78 is 5.13. The number of benzene rings is 1. The average molecular weight is 288 g/mol. The first kappa shape index (κ1) is 12.6. The summed E-state index contributed by atoms with van der Waals surface area (Å²) in [6.45, 7) is 2.10. The third kappa shape index (κ3) is 2.79. The number of esters is 1. The number of nitrogens with zero attached hydrogens (tertiary/aromatic N) is 1. The van der Waals surface area contributed by atoms with Crippen molar-refractivity contribution in [3.63, 3.8) is 0 Å². The van der Waals surface area contributed by atoms with Crippen LogP contribution in [0, 0.1) is 10.1 Å². The molecule has 0 unspecified atom stereocenters. The molecule has 1 aromatic rings. The first-order valence-corrected chi connectivity index (χ1v) is 5.47. The van der Waals surface area contributed by atoms with Gasteiger partial charge in [-0.3, -0.25) is 10.1 Å². The van der Waals surface area contributed by atoms with Crippen LogP contribution in [0.5, 0.6) is 0 Å². The van der Waals surface area contributed by atoms with Crippen molar-refractivity contribution in [3.8, 4) is 0 Å². The van der Waals surface area contributed by atoms with E-state index >= 15 is 0 Å². The minimum atomic E-state index is -0.671. The van der Waals surface area contributed by atoms with E-state index in [4.69, 9.17) is 4.74 Å². The molecule has 0 radical (unpaired) electrons. The Balaban J connectivity index is 3.08. The van der Waals surface area contributed by atoms with Crippen molar-refractivity contribution in [2.45, 2.75) is 13.3 Å². The Hall–Kier alpha value is -1.43. The maximum absolute atomic E-state index is 11.5. The molecule has 5 nitrogen and oxygen atoms in total. The van der Waals surface area contributed by atoms with E-state index in [0.29, 0.717) is 6.42 Å². The molecule has 0 aliphatic carbocycles. The van der Waals surface area contributed by atoms with Crippen LogP contribution in [0.25, 0.3) is 0 Å². The fourth-order valence-corrected chi connectivity index (χ4v) is 1.65. The summed E-state index contributed by atoms with van der Waals surface area (Å²) in [6, 6.07) is 4.44. The quantitative estimate of drug-likeness (QED) is 0.485. The van der Waals surface area contributed by atoms with Gasteiger partial charge in [0.1, 0.15) is 5.56 Å². The summed E-state index contributed by atoms with van der Waals surface area (Å²) in [4.78, 5) is 21.7. The van der Waals surface area contributed by atoms with E-state index in [1.165, 1.54) is 12.1 Å². The first-order valence-electron chi connectivity index (χ1n) is 4.68. The Morgan fingerprint density at radius 3 is 2.81 bits per heavy atom. The van der Waals surface area contributed by atoms with Gasteiger partial charge in [0.15, 0.2) is 0 Å². The summed E-state index contributed by atoms with van der Waals surface area (Å²) in [7, 11) is 0. The summed E-state index contributed by atoms with van der Waals surface area (Å²) in [6.07, 6.45) is 0.674. The predicted molar refractivity (Wildman–Crippen MR) is 61.4 cm³/mol. The highest BCUT2D eigenvalue weighted by molar-refractivity contribution is 9.10. The van der Waals surface area contributed by atoms with Gasteiger partial charge in [-0.05, 0) is 34.5 Å². The molecule has 0 bridgehead atoms. The molecule has 0 atom stereocenters. The Morgan fingerprint density at radius 2 is 2.25 bits per heavy atom. The van der Waals surface area contributed by atoms with Crippen LogP contribution in [0.4, 0.5) is 5.69 Å². The summed E-state index contributed by atoms with van der Waals surface area (Å²) >= 11 is 3.03. The smallest absolute Gasteiger partial charge is 0.345 e. The third-order valence-corrected chi connectivity index (χ3v) is 2.47. The van der Waals surface area contributed by atoms with Gasteiger partial charge in [0.05, 0.1) is 16.0 Å². The van der Waals surface area contributed by atoms with Gasteiger partial charge in [-0.25, -0.2) is 4.79 Å². The molecule has 1 aromatic carbocycles. The normalized spacial score (nSPS) is 9.88. The SMILES string of the molecule is CCCOC(=O)c1cccc(Br)c1[N+](=O)[O-]. The van der Waals surface area contributed by atoms with Crippen LogP contribution >= 0.6 is 15.9 Å². The van der Waals surface area contributed by atoms with Crippen LogP contribution in [0.2, 0.25) is 0 Å². The fourth-order valence-electron chi connectivity index (χ4n) is 1.14. The Labute approximate surface area is 101 Å². The molecular formula is C10H10BrNO4. The van der Waals surface area contributed by atoms with Crippen LogP contribution in [0.15, 0.2) is 22.7 Å². The number of hydrogen-bond donors (Lipinski definition) is 0. The van der Waals surface area contributed by atoms with E-state index in [1.807, 2.05) is 6.92 Å². The van der Waals surface area contributed by atoms with Crippen molar-refractivity contribution in [2.24, 2.45) is 0 Å². The van der Waals surface area contributed by atoms with Gasteiger partial charge in [0.2, 0.25) is 0 Å². The van der Waals surface area contributed by atoms with Crippen LogP contribution in [-0.4, -0.2) is 17.5 Å². The van der Waals surface area contributed by atoms with Gasteiger partial charge < -0.3 is 4.74 Å². The van der Waals surface area contributed by atoms with Gasteiger partial charge in [0.25, 0.3) is 5.69 Å². The number of ether oxygens (including phenoxy) is 1. The average Bonchev–Trinajstić information content (AvgIpc) is 2.24. The molecule has 16 heavy (non-hydrogen) atoms. The van der Waals surface area contributed by atoms with Gasteiger partial charge in [-0.15, -0.1) is 0 Å². The first-order chi connectivity index (χ1) is 7.57. The van der Waals surface area contributed by atoms with Gasteiger partial charge in [0, 0.05) is 0 Å². The standard InChI is InChI=1S/C10H10BrNO4/c1-2-6-16-10(13)7-4-3-5-8(11)9(7)12(14)15/h3-5H,2,6H2,1H3. The van der Waals surface area contributed by atoms with Crippen molar-refractivity contribution in [1.82, 2.24) is 0 Å². The predicted octanol–water partition coefficient (Wildman–Crippen LogP) is 2.92. The van der Waals surface area contributed by atoms with Crippen LogP contribution in [0.1, 0.15) is 23.7 Å². The van der Waals surface area contributed by atoms with E-state index in [9.17, 15) is 14.9 Å². The van der Waals surface area contributed by atoms with E-state index in [1.54, 1.807) is 6.07 Å². The minimum Gasteiger partial charge on any atom is -0.462 e. The van der Waals surface area contributed by atoms with E-state index < -0.39 is 10.9 Å². The van der Waals surface area contributed by atoms with Crippen molar-refractivity contribution < 1.29 is 14.5 Å². The highest BCUT2D eigenvalue weighted by atomic mass is 79.9. The number of para-hydroxylation sites is 1. The molecule has 0 heterocycles. The van der Waals surface area contributed by atoms with Crippen LogP contribution < -0.4 is 0 Å². The number of nitro groups is 1. The minimum absolute atomic E-state index is 0.0344. The Bertz CT molecular complexity index is 419. The van der Waals surface area contributed by atoms with Crippen molar-refractivity contribution >= 4 is 27.6 Å².